The van der Waals surface area contributed by atoms with Crippen LogP contribution in [0.25, 0.3) is 10.9 Å². The van der Waals surface area contributed by atoms with Crippen LogP contribution < -0.4 is 26.8 Å². The van der Waals surface area contributed by atoms with Crippen molar-refractivity contribution >= 4 is 28.6 Å². The van der Waals surface area contributed by atoms with Crippen LogP contribution in [0.4, 0.5) is 5.82 Å². The summed E-state index contributed by atoms with van der Waals surface area (Å²) in [6, 6.07) is 13.3. The van der Waals surface area contributed by atoms with Crippen molar-refractivity contribution in [2.45, 2.75) is 57.2 Å². The molecule has 0 radical (unpaired) electrons. The van der Waals surface area contributed by atoms with Crippen LogP contribution in [-0.2, 0) is 11.2 Å². The van der Waals surface area contributed by atoms with Crippen LogP contribution in [0, 0.1) is 6.92 Å². The number of benzene rings is 2. The van der Waals surface area contributed by atoms with Gasteiger partial charge >= 0.3 is 0 Å². The summed E-state index contributed by atoms with van der Waals surface area (Å²) in [5.41, 5.74) is 14.2. The maximum absolute atomic E-state index is 13.4. The Balaban J connectivity index is 1.60. The van der Waals surface area contributed by atoms with Gasteiger partial charge in [-0.1, -0.05) is 36.6 Å². The number of hydrogen-bond donors (Lipinski definition) is 4. The second-order valence-electron chi connectivity index (χ2n) is 9.75. The SMILES string of the molecule is COC[C@H](Cc1ccc(OC)cc1)NC(=O)c1nc(N[C@H]2CCCC[C@H]2N=C(N)N)c2cc(C)ccc2n1. The first-order valence-corrected chi connectivity index (χ1v) is 12.9. The summed E-state index contributed by atoms with van der Waals surface area (Å²) < 4.78 is 10.6. The molecule has 0 bridgehead atoms. The van der Waals surface area contributed by atoms with E-state index in [1.807, 2.05) is 49.4 Å². The van der Waals surface area contributed by atoms with E-state index in [-0.39, 0.29) is 35.8 Å². The lowest BCUT2D eigenvalue weighted by Gasteiger charge is -2.30. The van der Waals surface area contributed by atoms with Crippen molar-refractivity contribution in [3.8, 4) is 5.75 Å². The van der Waals surface area contributed by atoms with Gasteiger partial charge in [-0.2, -0.15) is 0 Å². The summed E-state index contributed by atoms with van der Waals surface area (Å²) in [6.07, 6.45) is 4.50. The standard InChI is InChI=1S/C28H37N7O3/c1-17-8-13-22-21(14-17)25(33-23-6-4-5-7-24(23)34-28(29)30)35-26(32-22)27(36)31-19(16-37-2)15-18-9-11-20(38-3)12-10-18/h8-14,19,23-24H,4-7,15-16H2,1-3H3,(H,31,36)(H4,29,30,34)(H,32,33,35)/t19-,23-,24+/m0/s1. The molecule has 202 valence electrons. The van der Waals surface area contributed by atoms with Gasteiger partial charge in [-0.3, -0.25) is 4.79 Å². The Kier molecular flexibility index (Phi) is 8.96. The molecule has 1 aliphatic carbocycles. The van der Waals surface area contributed by atoms with Crippen LogP contribution in [0.15, 0.2) is 47.5 Å². The lowest BCUT2D eigenvalue weighted by Crippen LogP contribution is -2.41. The molecule has 0 spiro atoms. The van der Waals surface area contributed by atoms with Crippen molar-refractivity contribution in [2.75, 3.05) is 26.1 Å². The fraction of sp³-hybridized carbons (Fsp3) is 0.429. The van der Waals surface area contributed by atoms with Gasteiger partial charge in [0, 0.05) is 12.5 Å². The van der Waals surface area contributed by atoms with Gasteiger partial charge in [0.15, 0.2) is 5.96 Å². The van der Waals surface area contributed by atoms with Crippen LogP contribution in [0.2, 0.25) is 0 Å². The number of ether oxygens (including phenoxy) is 2. The second-order valence-corrected chi connectivity index (χ2v) is 9.75. The Hall–Kier alpha value is -3.92. The number of rotatable bonds is 10. The number of aromatic nitrogens is 2. The normalized spacial score (nSPS) is 18.0. The highest BCUT2D eigenvalue weighted by molar-refractivity contribution is 5.96. The van der Waals surface area contributed by atoms with Gasteiger partial charge in [-0.15, -0.1) is 0 Å². The zero-order valence-electron chi connectivity index (χ0n) is 22.2. The molecule has 1 heterocycles. The predicted molar refractivity (Wildman–Crippen MR) is 150 cm³/mol. The molecule has 10 heteroatoms. The van der Waals surface area contributed by atoms with E-state index in [0.29, 0.717) is 24.4 Å². The van der Waals surface area contributed by atoms with E-state index >= 15 is 0 Å². The minimum atomic E-state index is -0.365. The van der Waals surface area contributed by atoms with Crippen molar-refractivity contribution in [1.82, 2.24) is 15.3 Å². The minimum absolute atomic E-state index is 0.00307. The molecule has 3 aromatic rings. The maximum atomic E-state index is 13.4. The fourth-order valence-electron chi connectivity index (χ4n) is 4.90. The summed E-state index contributed by atoms with van der Waals surface area (Å²) in [7, 11) is 3.24. The van der Waals surface area contributed by atoms with Crippen molar-refractivity contribution in [1.29, 1.82) is 0 Å². The highest BCUT2D eigenvalue weighted by Crippen LogP contribution is 2.28. The molecule has 1 fully saturated rings. The molecule has 4 rings (SSSR count). The molecule has 3 atom stereocenters. The predicted octanol–water partition coefficient (Wildman–Crippen LogP) is 2.93. The van der Waals surface area contributed by atoms with Gasteiger partial charge in [0.1, 0.15) is 11.6 Å². The van der Waals surface area contributed by atoms with E-state index in [2.05, 4.69) is 25.6 Å². The largest absolute Gasteiger partial charge is 0.497 e. The van der Waals surface area contributed by atoms with Crippen LogP contribution in [0.3, 0.4) is 0 Å². The Morgan fingerprint density at radius 1 is 1.11 bits per heavy atom. The third-order valence-electron chi connectivity index (χ3n) is 6.77. The Morgan fingerprint density at radius 3 is 2.58 bits per heavy atom. The van der Waals surface area contributed by atoms with Gasteiger partial charge in [0.2, 0.25) is 5.82 Å². The number of nitrogens with zero attached hydrogens (tertiary/aromatic N) is 3. The molecule has 0 unspecified atom stereocenters. The van der Waals surface area contributed by atoms with Crippen LogP contribution in [0.1, 0.15) is 47.4 Å². The molecule has 10 nitrogen and oxygen atoms in total. The number of nitrogens with one attached hydrogen (secondary N) is 2. The van der Waals surface area contributed by atoms with Crippen molar-refractivity contribution < 1.29 is 14.3 Å². The van der Waals surface area contributed by atoms with Crippen molar-refractivity contribution in [3.05, 3.63) is 59.4 Å². The molecule has 1 aliphatic rings. The monoisotopic (exact) mass is 519 g/mol. The van der Waals surface area contributed by atoms with E-state index in [1.54, 1.807) is 14.2 Å². The number of aliphatic imine (C=N–C) groups is 1. The zero-order chi connectivity index (χ0) is 27.1. The smallest absolute Gasteiger partial charge is 0.289 e. The molecule has 1 aromatic heterocycles. The summed E-state index contributed by atoms with van der Waals surface area (Å²) in [5.74, 6) is 1.18. The van der Waals surface area contributed by atoms with Crippen LogP contribution in [0.5, 0.6) is 5.75 Å². The first kappa shape index (κ1) is 27.1. The molecule has 6 N–H and O–H groups in total. The zero-order valence-corrected chi connectivity index (χ0v) is 22.2. The Morgan fingerprint density at radius 2 is 1.87 bits per heavy atom. The van der Waals surface area contributed by atoms with Crippen molar-refractivity contribution in [2.24, 2.45) is 16.5 Å². The van der Waals surface area contributed by atoms with Gasteiger partial charge in [-0.05, 0) is 56.0 Å². The van der Waals surface area contributed by atoms with E-state index in [0.717, 1.165) is 47.9 Å². The number of guanidine groups is 1. The summed E-state index contributed by atoms with van der Waals surface area (Å²) in [6.45, 7) is 2.36. The average Bonchev–Trinajstić information content (AvgIpc) is 2.90. The molecular formula is C28H37N7O3. The highest BCUT2D eigenvalue weighted by Gasteiger charge is 2.27. The molecule has 1 amide bonds. The third-order valence-corrected chi connectivity index (χ3v) is 6.77. The lowest BCUT2D eigenvalue weighted by molar-refractivity contribution is 0.0887. The van der Waals surface area contributed by atoms with E-state index in [4.69, 9.17) is 20.9 Å². The Labute approximate surface area is 223 Å². The second kappa shape index (κ2) is 12.6. The number of hydrogen-bond acceptors (Lipinski definition) is 7. The number of amides is 1. The Bertz CT molecular complexity index is 1280. The number of anilines is 1. The molecular weight excluding hydrogens is 482 g/mol. The molecule has 2 aromatic carbocycles. The number of aryl methyl sites for hydroxylation is 1. The van der Waals surface area contributed by atoms with Gasteiger partial charge in [0.25, 0.3) is 5.91 Å². The average molecular weight is 520 g/mol. The first-order valence-electron chi connectivity index (χ1n) is 12.9. The molecule has 0 saturated heterocycles. The maximum Gasteiger partial charge on any atom is 0.289 e. The van der Waals surface area contributed by atoms with E-state index < -0.39 is 0 Å². The number of methoxy groups -OCH3 is 2. The third kappa shape index (κ3) is 6.89. The topological polar surface area (TPSA) is 150 Å². The van der Waals surface area contributed by atoms with Crippen molar-refractivity contribution in [3.63, 3.8) is 0 Å². The van der Waals surface area contributed by atoms with E-state index in [9.17, 15) is 4.79 Å². The highest BCUT2D eigenvalue weighted by atomic mass is 16.5. The van der Waals surface area contributed by atoms with Gasteiger partial charge < -0.3 is 31.6 Å². The summed E-state index contributed by atoms with van der Waals surface area (Å²) in [4.78, 5) is 27.1. The summed E-state index contributed by atoms with van der Waals surface area (Å²) in [5, 5.41) is 7.44. The van der Waals surface area contributed by atoms with Gasteiger partial charge in [0.05, 0.1) is 37.4 Å². The van der Waals surface area contributed by atoms with E-state index in [1.165, 1.54) is 0 Å². The molecule has 0 aliphatic heterocycles. The summed E-state index contributed by atoms with van der Waals surface area (Å²) >= 11 is 0. The first-order chi connectivity index (χ1) is 18.4. The molecule has 1 saturated carbocycles. The number of nitrogens with two attached hydrogens (primary N) is 2. The fourth-order valence-corrected chi connectivity index (χ4v) is 4.90. The lowest BCUT2D eigenvalue weighted by atomic mass is 9.90. The minimum Gasteiger partial charge on any atom is -0.497 e. The number of carbonyl (C=O) groups is 1. The molecule has 38 heavy (non-hydrogen) atoms. The van der Waals surface area contributed by atoms with Gasteiger partial charge in [-0.25, -0.2) is 15.0 Å². The van der Waals surface area contributed by atoms with Crippen LogP contribution in [-0.4, -0.2) is 60.8 Å². The number of carbonyl (C=O) groups excluding carboxylic acids is 1. The van der Waals surface area contributed by atoms with Crippen LogP contribution >= 0.6 is 0 Å². The number of fused-ring (bicyclic) bond motifs is 1. The quantitative estimate of drug-likeness (QED) is 0.236.